The number of aryl methyl sites for hydroxylation is 4. The molecular formula is C21H30N2O2. The highest BCUT2D eigenvalue weighted by Gasteiger charge is 2.17. The Hall–Kier alpha value is -2.07. The van der Waals surface area contributed by atoms with E-state index in [1.54, 1.807) is 6.92 Å². The monoisotopic (exact) mass is 342 g/mol. The van der Waals surface area contributed by atoms with Crippen molar-refractivity contribution in [2.24, 2.45) is 0 Å². The molecule has 0 saturated carbocycles. The molecule has 0 aliphatic heterocycles. The van der Waals surface area contributed by atoms with Crippen LogP contribution in [0.25, 0.3) is 0 Å². The summed E-state index contributed by atoms with van der Waals surface area (Å²) in [6.07, 6.45) is 0.411. The standard InChI is InChI=1S/C21H30N2O2/c1-8-18(17(7)24)23-19-11-15(5)22-21(16(19)6)25-20-13(3)9-12(2)10-14(20)4/h9-11,17-18,24H,8H2,1-7H3,(H,22,23). The lowest BCUT2D eigenvalue weighted by Gasteiger charge is -2.23. The van der Waals surface area contributed by atoms with Crippen LogP contribution in [0.15, 0.2) is 18.2 Å². The Morgan fingerprint density at radius 3 is 2.20 bits per heavy atom. The lowest BCUT2D eigenvalue weighted by molar-refractivity contribution is 0.169. The maximum Gasteiger partial charge on any atom is 0.224 e. The zero-order valence-electron chi connectivity index (χ0n) is 16.4. The first-order valence-corrected chi connectivity index (χ1v) is 8.91. The van der Waals surface area contributed by atoms with Gasteiger partial charge in [-0.2, -0.15) is 0 Å². The van der Waals surface area contributed by atoms with Gasteiger partial charge in [0.2, 0.25) is 5.88 Å². The SMILES string of the molecule is CCC(Nc1cc(C)nc(Oc2c(C)cc(C)cc2C)c1C)C(C)O. The van der Waals surface area contributed by atoms with Gasteiger partial charge in [-0.1, -0.05) is 24.6 Å². The van der Waals surface area contributed by atoms with Gasteiger partial charge in [-0.3, -0.25) is 0 Å². The minimum Gasteiger partial charge on any atom is -0.438 e. The largest absolute Gasteiger partial charge is 0.438 e. The number of aliphatic hydroxyl groups is 1. The number of hydrogen-bond donors (Lipinski definition) is 2. The van der Waals surface area contributed by atoms with Gasteiger partial charge in [0.25, 0.3) is 0 Å². The molecule has 4 heteroatoms. The summed E-state index contributed by atoms with van der Waals surface area (Å²) in [6.45, 7) is 14.0. The van der Waals surface area contributed by atoms with Gasteiger partial charge in [-0.25, -0.2) is 4.98 Å². The molecule has 0 spiro atoms. The first-order chi connectivity index (χ1) is 11.7. The van der Waals surface area contributed by atoms with E-state index in [2.05, 4.69) is 50.1 Å². The maximum atomic E-state index is 9.93. The molecule has 0 bridgehead atoms. The van der Waals surface area contributed by atoms with Crippen LogP contribution < -0.4 is 10.1 Å². The second kappa shape index (κ2) is 7.87. The van der Waals surface area contributed by atoms with Crippen molar-refractivity contribution >= 4 is 5.69 Å². The number of aromatic nitrogens is 1. The van der Waals surface area contributed by atoms with E-state index in [0.717, 1.165) is 40.2 Å². The Balaban J connectivity index is 2.40. The lowest BCUT2D eigenvalue weighted by Crippen LogP contribution is -2.31. The van der Waals surface area contributed by atoms with E-state index in [9.17, 15) is 5.11 Å². The lowest BCUT2D eigenvalue weighted by atomic mass is 10.1. The van der Waals surface area contributed by atoms with Crippen molar-refractivity contribution in [2.75, 3.05) is 5.32 Å². The fourth-order valence-electron chi connectivity index (χ4n) is 3.15. The summed E-state index contributed by atoms with van der Waals surface area (Å²) >= 11 is 0. The highest BCUT2D eigenvalue weighted by atomic mass is 16.5. The molecule has 25 heavy (non-hydrogen) atoms. The average Bonchev–Trinajstić information content (AvgIpc) is 2.51. The smallest absolute Gasteiger partial charge is 0.224 e. The molecule has 0 saturated heterocycles. The average molecular weight is 342 g/mol. The Morgan fingerprint density at radius 1 is 1.08 bits per heavy atom. The van der Waals surface area contributed by atoms with Crippen molar-refractivity contribution in [1.82, 2.24) is 4.98 Å². The molecule has 2 aromatic rings. The number of pyridine rings is 1. The Labute approximate surface area is 151 Å². The van der Waals surface area contributed by atoms with Gasteiger partial charge in [0.05, 0.1) is 12.1 Å². The van der Waals surface area contributed by atoms with Gasteiger partial charge >= 0.3 is 0 Å². The van der Waals surface area contributed by atoms with Crippen LogP contribution in [-0.4, -0.2) is 22.2 Å². The highest BCUT2D eigenvalue weighted by Crippen LogP contribution is 2.33. The molecule has 0 aliphatic rings. The quantitative estimate of drug-likeness (QED) is 0.777. The van der Waals surface area contributed by atoms with E-state index in [-0.39, 0.29) is 6.04 Å². The van der Waals surface area contributed by atoms with Gasteiger partial charge in [0.15, 0.2) is 0 Å². The molecule has 0 fully saturated rings. The molecule has 0 aliphatic carbocycles. The Kier molecular flexibility index (Phi) is 6.07. The van der Waals surface area contributed by atoms with E-state index < -0.39 is 6.10 Å². The summed E-state index contributed by atoms with van der Waals surface area (Å²) in [5.41, 5.74) is 6.21. The van der Waals surface area contributed by atoms with Crippen molar-refractivity contribution in [3.05, 3.63) is 46.1 Å². The summed E-state index contributed by atoms with van der Waals surface area (Å²) < 4.78 is 6.21. The molecule has 0 amide bonds. The number of benzene rings is 1. The third-order valence-corrected chi connectivity index (χ3v) is 4.52. The number of nitrogens with zero attached hydrogens (tertiary/aromatic N) is 1. The zero-order chi connectivity index (χ0) is 18.7. The fourth-order valence-corrected chi connectivity index (χ4v) is 3.15. The second-order valence-corrected chi connectivity index (χ2v) is 6.97. The molecule has 2 atom stereocenters. The number of anilines is 1. The summed E-state index contributed by atoms with van der Waals surface area (Å²) in [5.74, 6) is 1.47. The highest BCUT2D eigenvalue weighted by molar-refractivity contribution is 5.57. The molecule has 1 heterocycles. The minimum absolute atomic E-state index is 0.00352. The van der Waals surface area contributed by atoms with Crippen molar-refractivity contribution < 1.29 is 9.84 Å². The van der Waals surface area contributed by atoms with E-state index in [4.69, 9.17) is 4.74 Å². The fraction of sp³-hybridized carbons (Fsp3) is 0.476. The van der Waals surface area contributed by atoms with Gasteiger partial charge in [-0.05, 0) is 65.2 Å². The van der Waals surface area contributed by atoms with Crippen LogP contribution >= 0.6 is 0 Å². The van der Waals surface area contributed by atoms with Crippen molar-refractivity contribution in [1.29, 1.82) is 0 Å². The van der Waals surface area contributed by atoms with Gasteiger partial charge in [0.1, 0.15) is 5.75 Å². The van der Waals surface area contributed by atoms with E-state index in [0.29, 0.717) is 5.88 Å². The summed E-state index contributed by atoms with van der Waals surface area (Å²) in [6, 6.07) is 6.24. The summed E-state index contributed by atoms with van der Waals surface area (Å²) in [5, 5.41) is 13.4. The molecule has 0 radical (unpaired) electrons. The van der Waals surface area contributed by atoms with Crippen LogP contribution in [0.5, 0.6) is 11.6 Å². The number of hydrogen-bond acceptors (Lipinski definition) is 4. The number of rotatable bonds is 6. The summed E-state index contributed by atoms with van der Waals surface area (Å²) in [7, 11) is 0. The van der Waals surface area contributed by atoms with Gasteiger partial charge in [-0.15, -0.1) is 0 Å². The van der Waals surface area contributed by atoms with Crippen LogP contribution in [-0.2, 0) is 0 Å². The Morgan fingerprint density at radius 2 is 1.68 bits per heavy atom. The molecule has 4 nitrogen and oxygen atoms in total. The van der Waals surface area contributed by atoms with Gasteiger partial charge < -0.3 is 15.2 Å². The van der Waals surface area contributed by atoms with E-state index in [1.165, 1.54) is 5.56 Å². The molecule has 136 valence electrons. The molecule has 1 aromatic heterocycles. The maximum absolute atomic E-state index is 9.93. The van der Waals surface area contributed by atoms with Crippen LogP contribution in [0.2, 0.25) is 0 Å². The van der Waals surface area contributed by atoms with Crippen LogP contribution in [0.4, 0.5) is 5.69 Å². The number of ether oxygens (including phenoxy) is 1. The predicted molar refractivity (Wildman–Crippen MR) is 104 cm³/mol. The molecule has 2 rings (SSSR count). The third-order valence-electron chi connectivity index (χ3n) is 4.52. The topological polar surface area (TPSA) is 54.4 Å². The zero-order valence-corrected chi connectivity index (χ0v) is 16.4. The van der Waals surface area contributed by atoms with Crippen molar-refractivity contribution in [3.8, 4) is 11.6 Å². The van der Waals surface area contributed by atoms with E-state index in [1.807, 2.05) is 19.9 Å². The first-order valence-electron chi connectivity index (χ1n) is 8.91. The molecule has 2 N–H and O–H groups in total. The van der Waals surface area contributed by atoms with Crippen molar-refractivity contribution in [2.45, 2.75) is 67.0 Å². The number of nitrogens with one attached hydrogen (secondary N) is 1. The number of aliphatic hydroxyl groups excluding tert-OH is 1. The second-order valence-electron chi connectivity index (χ2n) is 6.97. The molecule has 2 unspecified atom stereocenters. The van der Waals surface area contributed by atoms with Crippen LogP contribution in [0, 0.1) is 34.6 Å². The molecular weight excluding hydrogens is 312 g/mol. The third kappa shape index (κ3) is 4.51. The molecule has 1 aromatic carbocycles. The van der Waals surface area contributed by atoms with Crippen LogP contribution in [0.3, 0.4) is 0 Å². The first kappa shape index (κ1) is 19.3. The minimum atomic E-state index is -0.427. The van der Waals surface area contributed by atoms with Gasteiger partial charge in [0, 0.05) is 16.9 Å². The summed E-state index contributed by atoms with van der Waals surface area (Å²) in [4.78, 5) is 4.59. The van der Waals surface area contributed by atoms with Crippen molar-refractivity contribution in [3.63, 3.8) is 0 Å². The van der Waals surface area contributed by atoms with E-state index >= 15 is 0 Å². The predicted octanol–water partition coefficient (Wildman–Crippen LogP) is 4.99. The normalized spacial score (nSPS) is 13.4. The Bertz CT molecular complexity index is 731. The van der Waals surface area contributed by atoms with Crippen LogP contribution in [0.1, 0.15) is 48.2 Å².